The molecule has 0 fully saturated rings. The summed E-state index contributed by atoms with van der Waals surface area (Å²) < 4.78 is 22.5. The van der Waals surface area contributed by atoms with Gasteiger partial charge in [-0.15, -0.1) is 0 Å². The lowest BCUT2D eigenvalue weighted by Gasteiger charge is -2.04. The average Bonchev–Trinajstić information content (AvgIpc) is 1.82. The molecule has 0 unspecified atom stereocenters. The van der Waals surface area contributed by atoms with Crippen molar-refractivity contribution >= 4 is 26.0 Å². The van der Waals surface area contributed by atoms with Gasteiger partial charge in [-0.2, -0.15) is 0 Å². The van der Waals surface area contributed by atoms with Crippen molar-refractivity contribution < 1.29 is 8.42 Å². The van der Waals surface area contributed by atoms with Gasteiger partial charge in [-0.05, 0) is 34.5 Å². The molecule has 0 atom stereocenters. The first kappa shape index (κ1) is 9.70. The molecule has 0 saturated heterocycles. The van der Waals surface area contributed by atoms with E-state index in [0.717, 1.165) is 0 Å². The molecule has 1 aromatic rings. The molecule has 0 saturated carbocycles. The topological polar surface area (TPSA) is 60.2 Å². The zero-order valence-corrected chi connectivity index (χ0v) is 8.81. The molecule has 0 amide bonds. The van der Waals surface area contributed by atoms with Gasteiger partial charge in [0.05, 0.1) is 4.90 Å². The van der Waals surface area contributed by atoms with Crippen molar-refractivity contribution in [3.05, 3.63) is 28.2 Å². The largest absolute Gasteiger partial charge is 0.239 e. The van der Waals surface area contributed by atoms with E-state index in [2.05, 4.69) is 15.9 Å². The Hall–Kier alpha value is -0.390. The predicted octanol–water partition coefficient (Wildman–Crippen LogP) is 1.40. The van der Waals surface area contributed by atoms with Gasteiger partial charge in [-0.3, -0.25) is 0 Å². The summed E-state index contributed by atoms with van der Waals surface area (Å²) in [6.45, 7) is 1.70. The van der Waals surface area contributed by atoms with Gasteiger partial charge in [0, 0.05) is 4.47 Å². The Balaban J connectivity index is 3.53. The first-order valence-corrected chi connectivity index (χ1v) is 5.55. The Morgan fingerprint density at radius 2 is 2.00 bits per heavy atom. The molecule has 0 aliphatic heterocycles. The van der Waals surface area contributed by atoms with Crippen molar-refractivity contribution in [2.45, 2.75) is 11.8 Å². The summed E-state index contributed by atoms with van der Waals surface area (Å²) in [5, 5.41) is 5.00. The molecule has 0 aliphatic rings. The normalized spacial score (nSPS) is 11.6. The third-order valence-corrected chi connectivity index (χ3v) is 3.48. The molecule has 66 valence electrons. The average molecular weight is 250 g/mol. The zero-order chi connectivity index (χ0) is 9.35. The molecule has 0 bridgehead atoms. The van der Waals surface area contributed by atoms with Crippen molar-refractivity contribution in [1.29, 1.82) is 0 Å². The van der Waals surface area contributed by atoms with Gasteiger partial charge in [-0.25, -0.2) is 13.6 Å². The van der Waals surface area contributed by atoms with Crippen LogP contribution in [0.5, 0.6) is 0 Å². The fourth-order valence-electron chi connectivity index (χ4n) is 0.977. The molecule has 0 aliphatic carbocycles. The van der Waals surface area contributed by atoms with Crippen LogP contribution in [0.1, 0.15) is 5.56 Å². The number of hydrogen-bond donors (Lipinski definition) is 1. The number of nitrogens with two attached hydrogens (primary N) is 1. The monoisotopic (exact) mass is 249 g/mol. The van der Waals surface area contributed by atoms with E-state index in [-0.39, 0.29) is 4.90 Å². The highest BCUT2D eigenvalue weighted by atomic mass is 79.9. The standard InChI is InChI=1S/C7H8BrNO2S/c1-5-3-2-4-6(8)7(5)12(9,10)11/h2-4H,1H3,(H2,9,10,11). The van der Waals surface area contributed by atoms with Crippen molar-refractivity contribution in [2.24, 2.45) is 5.14 Å². The first-order chi connectivity index (χ1) is 5.43. The van der Waals surface area contributed by atoms with E-state index in [1.807, 2.05) is 0 Å². The SMILES string of the molecule is Cc1cccc(Br)c1S(N)(=O)=O. The molecule has 2 N–H and O–H groups in total. The Kier molecular flexibility index (Phi) is 2.55. The van der Waals surface area contributed by atoms with Crippen LogP contribution in [-0.4, -0.2) is 8.42 Å². The fourth-order valence-corrected chi connectivity index (χ4v) is 2.98. The molecular weight excluding hydrogens is 242 g/mol. The van der Waals surface area contributed by atoms with Gasteiger partial charge in [-0.1, -0.05) is 12.1 Å². The second-order valence-electron chi connectivity index (χ2n) is 2.43. The highest BCUT2D eigenvalue weighted by Crippen LogP contribution is 2.23. The second kappa shape index (κ2) is 3.16. The van der Waals surface area contributed by atoms with E-state index in [0.29, 0.717) is 10.0 Å². The molecule has 0 heterocycles. The molecule has 1 rings (SSSR count). The number of aryl methyl sites for hydroxylation is 1. The summed E-state index contributed by atoms with van der Waals surface area (Å²) in [4.78, 5) is 0.157. The van der Waals surface area contributed by atoms with Crippen LogP contribution in [0.4, 0.5) is 0 Å². The van der Waals surface area contributed by atoms with Crippen molar-refractivity contribution in [3.8, 4) is 0 Å². The number of sulfonamides is 1. The number of halogens is 1. The molecule has 3 nitrogen and oxygen atoms in total. The fraction of sp³-hybridized carbons (Fsp3) is 0.143. The van der Waals surface area contributed by atoms with Gasteiger partial charge >= 0.3 is 0 Å². The Bertz CT molecular complexity index is 380. The maximum Gasteiger partial charge on any atom is 0.239 e. The predicted molar refractivity (Wildman–Crippen MR) is 50.3 cm³/mol. The lowest BCUT2D eigenvalue weighted by molar-refractivity contribution is 0.596. The highest BCUT2D eigenvalue weighted by molar-refractivity contribution is 9.10. The lowest BCUT2D eigenvalue weighted by atomic mass is 10.2. The van der Waals surface area contributed by atoms with Gasteiger partial charge in [0.2, 0.25) is 10.0 Å². The molecule has 0 spiro atoms. The number of benzene rings is 1. The van der Waals surface area contributed by atoms with Crippen molar-refractivity contribution in [2.75, 3.05) is 0 Å². The maximum atomic E-state index is 11.0. The molecule has 0 radical (unpaired) electrons. The number of primary sulfonamides is 1. The van der Waals surface area contributed by atoms with Crippen molar-refractivity contribution in [1.82, 2.24) is 0 Å². The van der Waals surface area contributed by atoms with Crippen LogP contribution in [-0.2, 0) is 10.0 Å². The van der Waals surface area contributed by atoms with Crippen LogP contribution in [0.2, 0.25) is 0 Å². The quantitative estimate of drug-likeness (QED) is 0.819. The maximum absolute atomic E-state index is 11.0. The third kappa shape index (κ3) is 1.85. The summed E-state index contributed by atoms with van der Waals surface area (Å²) in [5.41, 5.74) is 0.645. The van der Waals surface area contributed by atoms with E-state index in [4.69, 9.17) is 5.14 Å². The Morgan fingerprint density at radius 1 is 1.42 bits per heavy atom. The van der Waals surface area contributed by atoms with Gasteiger partial charge < -0.3 is 0 Å². The van der Waals surface area contributed by atoms with Crippen LogP contribution in [0, 0.1) is 6.92 Å². The summed E-state index contributed by atoms with van der Waals surface area (Å²) in [7, 11) is -3.61. The van der Waals surface area contributed by atoms with Crippen LogP contribution < -0.4 is 5.14 Å². The van der Waals surface area contributed by atoms with E-state index in [1.54, 1.807) is 25.1 Å². The Morgan fingerprint density at radius 3 is 2.33 bits per heavy atom. The third-order valence-electron chi connectivity index (χ3n) is 1.45. The molecule has 1 aromatic carbocycles. The minimum absolute atomic E-state index is 0.157. The van der Waals surface area contributed by atoms with Crippen LogP contribution in [0.15, 0.2) is 27.6 Å². The Labute approximate surface area is 79.8 Å². The van der Waals surface area contributed by atoms with E-state index in [9.17, 15) is 8.42 Å². The lowest BCUT2D eigenvalue weighted by Crippen LogP contribution is -2.14. The number of hydrogen-bond acceptors (Lipinski definition) is 2. The minimum atomic E-state index is -3.61. The van der Waals surface area contributed by atoms with Gasteiger partial charge in [0.25, 0.3) is 0 Å². The first-order valence-electron chi connectivity index (χ1n) is 3.21. The molecule has 0 aromatic heterocycles. The summed E-state index contributed by atoms with van der Waals surface area (Å²) in [6.07, 6.45) is 0. The van der Waals surface area contributed by atoms with E-state index in [1.165, 1.54) is 0 Å². The summed E-state index contributed by atoms with van der Waals surface area (Å²) in [6, 6.07) is 5.10. The van der Waals surface area contributed by atoms with Crippen LogP contribution in [0.3, 0.4) is 0 Å². The zero-order valence-electron chi connectivity index (χ0n) is 6.41. The summed E-state index contributed by atoms with van der Waals surface area (Å²) in [5.74, 6) is 0. The van der Waals surface area contributed by atoms with E-state index < -0.39 is 10.0 Å². The van der Waals surface area contributed by atoms with Gasteiger partial charge in [0.1, 0.15) is 0 Å². The second-order valence-corrected chi connectivity index (χ2v) is 4.78. The van der Waals surface area contributed by atoms with Gasteiger partial charge in [0.15, 0.2) is 0 Å². The molecule has 12 heavy (non-hydrogen) atoms. The number of rotatable bonds is 1. The highest BCUT2D eigenvalue weighted by Gasteiger charge is 2.14. The van der Waals surface area contributed by atoms with Crippen molar-refractivity contribution in [3.63, 3.8) is 0 Å². The summed E-state index contributed by atoms with van der Waals surface area (Å²) >= 11 is 3.12. The molecule has 5 heteroatoms. The van der Waals surface area contributed by atoms with Crippen LogP contribution >= 0.6 is 15.9 Å². The van der Waals surface area contributed by atoms with Crippen LogP contribution in [0.25, 0.3) is 0 Å². The molecular formula is C7H8BrNO2S. The minimum Gasteiger partial charge on any atom is -0.225 e. The smallest absolute Gasteiger partial charge is 0.225 e. The van der Waals surface area contributed by atoms with E-state index >= 15 is 0 Å².